The maximum atomic E-state index is 10.6. The van der Waals surface area contributed by atoms with Crippen molar-refractivity contribution in [1.29, 1.82) is 0 Å². The van der Waals surface area contributed by atoms with Crippen LogP contribution >= 0.6 is 0 Å². The first-order valence-corrected chi connectivity index (χ1v) is 14.1. The number of unbranched alkanes of at least 4 members (excludes halogenated alkanes) is 13. The van der Waals surface area contributed by atoms with Gasteiger partial charge in [-0.25, -0.2) is 0 Å². The Kier molecular flexibility index (Phi) is 18.2. The molecule has 1 aromatic carbocycles. The highest BCUT2D eigenvalue weighted by atomic mass is 16.4. The number of hydrogen-bond donors (Lipinski definition) is 2. The lowest BCUT2D eigenvalue weighted by atomic mass is 9.93. The summed E-state index contributed by atoms with van der Waals surface area (Å²) in [5.41, 5.74) is 4.58. The summed E-state index contributed by atoms with van der Waals surface area (Å²) < 4.78 is 0. The average Bonchev–Trinajstić information content (AvgIpc) is 2.81. The average molecular weight is 475 g/mol. The quantitative estimate of drug-likeness (QED) is 0.156. The van der Waals surface area contributed by atoms with Crippen LogP contribution in [0.4, 0.5) is 0 Å². The van der Waals surface area contributed by atoms with E-state index in [1.807, 2.05) is 0 Å². The molecule has 1 aromatic rings. The van der Waals surface area contributed by atoms with Gasteiger partial charge in [-0.2, -0.15) is 0 Å². The number of carbonyl (C=O) groups is 2. The number of rotatable bonds is 23. The van der Waals surface area contributed by atoms with Gasteiger partial charge < -0.3 is 10.2 Å². The van der Waals surface area contributed by atoms with Crippen molar-refractivity contribution in [2.75, 3.05) is 0 Å². The zero-order valence-corrected chi connectivity index (χ0v) is 21.8. The molecule has 34 heavy (non-hydrogen) atoms. The first-order chi connectivity index (χ1) is 16.5. The topological polar surface area (TPSA) is 74.6 Å². The molecule has 194 valence electrons. The lowest BCUT2D eigenvalue weighted by Crippen LogP contribution is -1.98. The number of carboxylic acids is 2. The Morgan fingerprint density at radius 3 is 1.47 bits per heavy atom. The monoisotopic (exact) mass is 474 g/mol. The van der Waals surface area contributed by atoms with Gasteiger partial charge >= 0.3 is 11.9 Å². The summed E-state index contributed by atoms with van der Waals surface area (Å²) in [4.78, 5) is 21.1. The van der Waals surface area contributed by atoms with Gasteiger partial charge in [-0.1, -0.05) is 95.8 Å². The van der Waals surface area contributed by atoms with Crippen LogP contribution in [-0.2, 0) is 28.9 Å². The molecule has 0 heterocycles. The molecule has 0 aliphatic rings. The molecule has 1 rings (SSSR count). The van der Waals surface area contributed by atoms with Crippen molar-refractivity contribution in [3.63, 3.8) is 0 Å². The lowest BCUT2D eigenvalue weighted by Gasteiger charge is -2.13. The Morgan fingerprint density at radius 1 is 0.559 bits per heavy atom. The Bertz CT molecular complexity index is 668. The van der Waals surface area contributed by atoms with Crippen LogP contribution in [0.1, 0.15) is 139 Å². The highest BCUT2D eigenvalue weighted by Gasteiger charge is 2.06. The predicted octanol–water partition coefficient (Wildman–Crippen LogP) is 8.53. The van der Waals surface area contributed by atoms with Crippen molar-refractivity contribution < 1.29 is 19.8 Å². The molecule has 0 fully saturated rings. The second kappa shape index (κ2) is 20.5. The van der Waals surface area contributed by atoms with Crippen molar-refractivity contribution in [3.8, 4) is 0 Å². The summed E-state index contributed by atoms with van der Waals surface area (Å²) in [5.74, 6) is -1.35. The fourth-order valence-corrected chi connectivity index (χ4v) is 4.64. The molecule has 2 N–H and O–H groups in total. The number of benzene rings is 1. The maximum absolute atomic E-state index is 10.6. The normalized spacial score (nSPS) is 11.1. The zero-order valence-electron chi connectivity index (χ0n) is 21.8. The Labute approximate surface area is 208 Å². The van der Waals surface area contributed by atoms with Crippen LogP contribution in [0.2, 0.25) is 0 Å². The summed E-state index contributed by atoms with van der Waals surface area (Å²) in [7, 11) is 0. The molecule has 0 aromatic heterocycles. The van der Waals surface area contributed by atoms with Gasteiger partial charge in [0.1, 0.15) is 0 Å². The van der Waals surface area contributed by atoms with Crippen LogP contribution in [-0.4, -0.2) is 22.2 Å². The highest BCUT2D eigenvalue weighted by Crippen LogP contribution is 2.21. The molecule has 0 saturated carbocycles. The van der Waals surface area contributed by atoms with E-state index in [-0.39, 0.29) is 0 Å². The summed E-state index contributed by atoms with van der Waals surface area (Å²) in [6.07, 6.45) is 22.6. The van der Waals surface area contributed by atoms with Gasteiger partial charge in [0.25, 0.3) is 0 Å². The molecule has 0 amide bonds. The van der Waals surface area contributed by atoms with Crippen LogP contribution in [0.5, 0.6) is 0 Å². The standard InChI is InChI=1S/C30H50O4/c1-2-3-18-26-23-24-27(19-14-10-6-4-8-12-16-21-29(31)32)28(25-26)20-15-11-7-5-9-13-17-22-30(33)34/h23-25H,2-22H2,1H3,(H,31,32)(H,33,34). The smallest absolute Gasteiger partial charge is 0.303 e. The molecule has 0 atom stereocenters. The second-order valence-electron chi connectivity index (χ2n) is 9.94. The van der Waals surface area contributed by atoms with Gasteiger partial charge in [-0.3, -0.25) is 9.59 Å². The third-order valence-electron chi connectivity index (χ3n) is 6.76. The summed E-state index contributed by atoms with van der Waals surface area (Å²) in [6, 6.07) is 7.20. The predicted molar refractivity (Wildman–Crippen MR) is 142 cm³/mol. The molecule has 4 nitrogen and oxygen atoms in total. The zero-order chi connectivity index (χ0) is 24.9. The molecule has 0 radical (unpaired) electrons. The Balaban J connectivity index is 2.31. The molecule has 4 heteroatoms. The van der Waals surface area contributed by atoms with Crippen molar-refractivity contribution >= 4 is 11.9 Å². The minimum absolute atomic E-state index is 0.309. The van der Waals surface area contributed by atoms with E-state index in [1.54, 1.807) is 5.56 Å². The van der Waals surface area contributed by atoms with Crippen molar-refractivity contribution in [2.45, 2.75) is 142 Å². The van der Waals surface area contributed by atoms with Gasteiger partial charge in [0.15, 0.2) is 0 Å². The summed E-state index contributed by atoms with van der Waals surface area (Å²) in [5, 5.41) is 17.4. The fourth-order valence-electron chi connectivity index (χ4n) is 4.64. The minimum Gasteiger partial charge on any atom is -0.481 e. The number of carboxylic acid groups (broad SMARTS) is 2. The SMILES string of the molecule is CCCCc1ccc(CCCCCCCCCC(=O)O)c(CCCCCCCCCC(=O)O)c1. The minimum atomic E-state index is -0.676. The number of aryl methyl sites for hydroxylation is 3. The third-order valence-corrected chi connectivity index (χ3v) is 6.76. The number of hydrogen-bond acceptors (Lipinski definition) is 2. The third kappa shape index (κ3) is 16.7. The van der Waals surface area contributed by atoms with Crippen LogP contribution in [0, 0.1) is 0 Å². The molecule has 0 saturated heterocycles. The lowest BCUT2D eigenvalue weighted by molar-refractivity contribution is -0.138. The van der Waals surface area contributed by atoms with Crippen LogP contribution < -0.4 is 0 Å². The number of aliphatic carboxylic acids is 2. The van der Waals surface area contributed by atoms with Gasteiger partial charge in [-0.15, -0.1) is 0 Å². The second-order valence-corrected chi connectivity index (χ2v) is 9.94. The van der Waals surface area contributed by atoms with Gasteiger partial charge in [0, 0.05) is 12.8 Å². The molecule has 0 bridgehead atoms. The van der Waals surface area contributed by atoms with Gasteiger partial charge in [0.05, 0.1) is 0 Å². The molecular formula is C30H50O4. The summed E-state index contributed by atoms with van der Waals surface area (Å²) in [6.45, 7) is 2.25. The largest absolute Gasteiger partial charge is 0.481 e. The first kappa shape index (κ1) is 30.2. The highest BCUT2D eigenvalue weighted by molar-refractivity contribution is 5.66. The molecule has 0 aliphatic carbocycles. The molecule has 0 unspecified atom stereocenters. The van der Waals surface area contributed by atoms with Gasteiger partial charge in [0.2, 0.25) is 0 Å². The van der Waals surface area contributed by atoms with Crippen molar-refractivity contribution in [1.82, 2.24) is 0 Å². The van der Waals surface area contributed by atoms with E-state index in [0.29, 0.717) is 12.8 Å². The maximum Gasteiger partial charge on any atom is 0.303 e. The Morgan fingerprint density at radius 2 is 1.00 bits per heavy atom. The van der Waals surface area contributed by atoms with Crippen LogP contribution in [0.3, 0.4) is 0 Å². The first-order valence-electron chi connectivity index (χ1n) is 14.1. The molecule has 0 aliphatic heterocycles. The van der Waals surface area contributed by atoms with Crippen molar-refractivity contribution in [2.24, 2.45) is 0 Å². The van der Waals surface area contributed by atoms with E-state index in [0.717, 1.165) is 38.5 Å². The van der Waals surface area contributed by atoms with Crippen LogP contribution in [0.15, 0.2) is 18.2 Å². The van der Waals surface area contributed by atoms with Gasteiger partial charge in [-0.05, 0) is 68.1 Å². The van der Waals surface area contributed by atoms with Crippen LogP contribution in [0.25, 0.3) is 0 Å². The molecule has 0 spiro atoms. The Hall–Kier alpha value is -1.84. The summed E-state index contributed by atoms with van der Waals surface area (Å²) >= 11 is 0. The van der Waals surface area contributed by atoms with E-state index in [9.17, 15) is 9.59 Å². The van der Waals surface area contributed by atoms with E-state index < -0.39 is 11.9 Å². The fraction of sp³-hybridized carbons (Fsp3) is 0.733. The molecular weight excluding hydrogens is 424 g/mol. The van der Waals surface area contributed by atoms with E-state index in [1.165, 1.54) is 94.6 Å². The van der Waals surface area contributed by atoms with E-state index in [4.69, 9.17) is 10.2 Å². The van der Waals surface area contributed by atoms with Crippen molar-refractivity contribution in [3.05, 3.63) is 34.9 Å². The van der Waals surface area contributed by atoms with E-state index >= 15 is 0 Å². The van der Waals surface area contributed by atoms with E-state index in [2.05, 4.69) is 25.1 Å².